The summed E-state index contributed by atoms with van der Waals surface area (Å²) in [6.07, 6.45) is 8.03. The zero-order chi connectivity index (χ0) is 49.1. The Balaban J connectivity index is 0.000000117. The van der Waals surface area contributed by atoms with Crippen LogP contribution in [0.25, 0.3) is 88.4 Å². The predicted molar refractivity (Wildman–Crippen MR) is 311 cm³/mol. The van der Waals surface area contributed by atoms with E-state index in [-0.39, 0.29) is 0 Å². The number of hydrogen-bond donors (Lipinski definition) is 0. The van der Waals surface area contributed by atoms with Crippen LogP contribution in [0, 0.1) is 19.8 Å². The van der Waals surface area contributed by atoms with Gasteiger partial charge in [0.15, 0.2) is 0 Å². The molecule has 1 heterocycles. The third-order valence-corrected chi connectivity index (χ3v) is 14.3. The summed E-state index contributed by atoms with van der Waals surface area (Å²) < 4.78 is 2.40. The van der Waals surface area contributed by atoms with Crippen LogP contribution < -0.4 is 0 Å². The van der Waals surface area contributed by atoms with Crippen LogP contribution in [0.1, 0.15) is 66.1 Å². The van der Waals surface area contributed by atoms with Crippen molar-refractivity contribution in [3.8, 4) is 39.1 Å². The second kappa shape index (κ2) is 20.1. The lowest BCUT2D eigenvalue weighted by molar-refractivity contribution is 0.739. The summed E-state index contributed by atoms with van der Waals surface area (Å²) in [6.45, 7) is 10.6. The summed E-state index contributed by atoms with van der Waals surface area (Å²) in [7, 11) is 0. The van der Waals surface area contributed by atoms with Gasteiger partial charge in [-0.25, -0.2) is 0 Å². The Hall–Kier alpha value is -8.52. The van der Waals surface area contributed by atoms with Gasteiger partial charge in [0, 0.05) is 16.2 Å². The Morgan fingerprint density at radius 3 is 1.56 bits per heavy atom. The zero-order valence-corrected chi connectivity index (χ0v) is 41.9. The number of nitrogens with zero attached hydrogens (tertiary/aromatic N) is 1. The third-order valence-electron chi connectivity index (χ3n) is 14.3. The summed E-state index contributed by atoms with van der Waals surface area (Å²) in [5.41, 5.74) is 25.1. The highest BCUT2D eigenvalue weighted by Gasteiger charge is 2.32. The number of rotatable bonds is 3. The molecule has 1 unspecified atom stereocenters. The molecular weight excluding hydrogens is 867 g/mol. The second-order valence-corrected chi connectivity index (χ2v) is 19.0. The molecule has 1 nitrogen and oxygen atoms in total. The van der Waals surface area contributed by atoms with E-state index in [1.54, 1.807) is 0 Å². The maximum Gasteiger partial charge on any atom is 0.0541 e. The molecule has 348 valence electrons. The first-order valence-corrected chi connectivity index (χ1v) is 25.6. The van der Waals surface area contributed by atoms with Gasteiger partial charge < -0.3 is 4.57 Å². The van der Waals surface area contributed by atoms with Gasteiger partial charge in [0.1, 0.15) is 0 Å². The second-order valence-electron chi connectivity index (χ2n) is 19.0. The van der Waals surface area contributed by atoms with Crippen LogP contribution in [0.2, 0.25) is 0 Å². The minimum Gasteiger partial charge on any atom is -0.309 e. The van der Waals surface area contributed by atoms with E-state index < -0.39 is 0 Å². The lowest BCUT2D eigenvalue weighted by Gasteiger charge is -2.13. The van der Waals surface area contributed by atoms with E-state index in [0.717, 1.165) is 6.42 Å². The average molecular weight is 926 g/mol. The molecule has 0 N–H and O–H groups in total. The fourth-order valence-corrected chi connectivity index (χ4v) is 10.9. The van der Waals surface area contributed by atoms with E-state index in [1.807, 2.05) is 13.8 Å². The maximum atomic E-state index is 2.40. The van der Waals surface area contributed by atoms with Crippen molar-refractivity contribution in [1.82, 2.24) is 4.57 Å². The molecule has 0 bridgehead atoms. The minimum absolute atomic E-state index is 0.668. The molecule has 0 amide bonds. The highest BCUT2D eigenvalue weighted by Crippen LogP contribution is 2.54. The fraction of sp³-hybridized carbons (Fsp3) is 0.0986. The Bertz CT molecular complexity index is 3840. The van der Waals surface area contributed by atoms with Gasteiger partial charge in [0.2, 0.25) is 0 Å². The number of aryl methyl sites for hydroxylation is 2. The molecule has 1 atom stereocenters. The van der Waals surface area contributed by atoms with Crippen LogP contribution in [-0.4, -0.2) is 4.57 Å². The SMILES string of the molecule is CC.CC1C=CC(c2cccc(-c3ccccc3)c2)=CC1.Cc1ccc2c(c1)C(=C1c3ccccc3-c3ccccc31)c1ccccc1-2.Cc1ccc2c(c1)c1ccccc1n2-c1cccc2ccccc12. The maximum absolute atomic E-state index is 2.40. The molecule has 1 aromatic heterocycles. The van der Waals surface area contributed by atoms with Crippen molar-refractivity contribution >= 4 is 49.3 Å². The van der Waals surface area contributed by atoms with Crippen LogP contribution in [-0.2, 0) is 0 Å². The molecule has 0 saturated carbocycles. The standard InChI is InChI=1S/C27H18.C23H17N.C19H18.C2H6/c1-17-14-15-21-20-10-4-7-13-24(20)27(25(21)16-17)26-22-11-5-2-8-18(22)19-9-3-6-12-23(19)26;1-16-13-14-23-20(15-16)19-10-4-5-11-22(19)24(23)21-12-6-8-17-7-2-3-9-18(17)21;1-15-10-12-17(13-11-15)19-9-5-8-18(14-19)16-6-3-2-4-7-16;1-2/h2-16H,1H3;2-15H,1H3;2-10,12-15H,11H2,1H3;1-2H3. The van der Waals surface area contributed by atoms with Gasteiger partial charge in [0.05, 0.1) is 16.7 Å². The Morgan fingerprint density at radius 2 is 0.875 bits per heavy atom. The lowest BCUT2D eigenvalue weighted by atomic mass is 9.91. The molecule has 14 rings (SSSR count). The number of aromatic nitrogens is 1. The molecule has 0 spiro atoms. The number of benzene rings is 10. The van der Waals surface area contributed by atoms with Crippen LogP contribution in [0.4, 0.5) is 0 Å². The van der Waals surface area contributed by atoms with Gasteiger partial charge in [-0.15, -0.1) is 0 Å². The predicted octanol–water partition coefficient (Wildman–Crippen LogP) is 19.6. The molecule has 10 aromatic carbocycles. The van der Waals surface area contributed by atoms with Crippen molar-refractivity contribution in [1.29, 1.82) is 0 Å². The third kappa shape index (κ3) is 8.52. The Labute approximate surface area is 425 Å². The molecule has 1 heteroatoms. The first-order valence-electron chi connectivity index (χ1n) is 25.6. The van der Waals surface area contributed by atoms with E-state index in [9.17, 15) is 0 Å². The summed E-state index contributed by atoms with van der Waals surface area (Å²) in [5.74, 6) is 0.668. The summed E-state index contributed by atoms with van der Waals surface area (Å²) >= 11 is 0. The van der Waals surface area contributed by atoms with Crippen LogP contribution in [0.15, 0.2) is 249 Å². The van der Waals surface area contributed by atoms with Crippen molar-refractivity contribution in [3.05, 3.63) is 288 Å². The van der Waals surface area contributed by atoms with Gasteiger partial charge in [-0.2, -0.15) is 0 Å². The zero-order valence-electron chi connectivity index (χ0n) is 41.9. The monoisotopic (exact) mass is 925 g/mol. The molecule has 72 heavy (non-hydrogen) atoms. The summed E-state index contributed by atoms with van der Waals surface area (Å²) in [6, 6.07) is 83.2. The van der Waals surface area contributed by atoms with E-state index in [4.69, 9.17) is 0 Å². The van der Waals surface area contributed by atoms with Crippen molar-refractivity contribution in [2.45, 2.75) is 41.0 Å². The van der Waals surface area contributed by atoms with Crippen LogP contribution in [0.5, 0.6) is 0 Å². The number of para-hydroxylation sites is 1. The average Bonchev–Trinajstić information content (AvgIpc) is 4.06. The fourth-order valence-electron chi connectivity index (χ4n) is 10.9. The van der Waals surface area contributed by atoms with Gasteiger partial charge in [-0.1, -0.05) is 250 Å². The van der Waals surface area contributed by atoms with Crippen LogP contribution in [0.3, 0.4) is 0 Å². The van der Waals surface area contributed by atoms with Crippen molar-refractivity contribution < 1.29 is 0 Å². The van der Waals surface area contributed by atoms with Gasteiger partial charge in [-0.05, 0) is 140 Å². The number of hydrogen-bond acceptors (Lipinski definition) is 0. The van der Waals surface area contributed by atoms with Gasteiger partial charge in [0.25, 0.3) is 0 Å². The molecule has 0 fully saturated rings. The summed E-state index contributed by atoms with van der Waals surface area (Å²) in [4.78, 5) is 0. The molecule has 0 radical (unpaired) electrons. The molecule has 0 aliphatic heterocycles. The highest BCUT2D eigenvalue weighted by molar-refractivity contribution is 6.19. The molecule has 3 aliphatic carbocycles. The van der Waals surface area contributed by atoms with Gasteiger partial charge in [-0.3, -0.25) is 0 Å². The quantitative estimate of drug-likeness (QED) is 0.166. The van der Waals surface area contributed by atoms with E-state index in [1.165, 1.54) is 127 Å². The smallest absolute Gasteiger partial charge is 0.0541 e. The van der Waals surface area contributed by atoms with Crippen molar-refractivity contribution in [3.63, 3.8) is 0 Å². The normalized spacial score (nSPS) is 13.7. The Kier molecular flexibility index (Phi) is 12.8. The lowest BCUT2D eigenvalue weighted by Crippen LogP contribution is -1.94. The first-order chi connectivity index (χ1) is 35.5. The molecular formula is C71H59N. The van der Waals surface area contributed by atoms with E-state index in [2.05, 4.69) is 274 Å². The van der Waals surface area contributed by atoms with Crippen molar-refractivity contribution in [2.75, 3.05) is 0 Å². The number of allylic oxidation sites excluding steroid dienone is 4. The molecule has 11 aromatic rings. The van der Waals surface area contributed by atoms with Crippen LogP contribution >= 0.6 is 0 Å². The largest absolute Gasteiger partial charge is 0.309 e. The highest BCUT2D eigenvalue weighted by atomic mass is 15.0. The number of fused-ring (bicyclic) bond motifs is 10. The molecule has 0 saturated heterocycles. The van der Waals surface area contributed by atoms with E-state index >= 15 is 0 Å². The first kappa shape index (κ1) is 45.9. The van der Waals surface area contributed by atoms with Crippen molar-refractivity contribution in [2.24, 2.45) is 5.92 Å². The van der Waals surface area contributed by atoms with Gasteiger partial charge >= 0.3 is 0 Å². The molecule has 3 aliphatic rings. The minimum atomic E-state index is 0.668. The summed E-state index contributed by atoms with van der Waals surface area (Å²) in [5, 5.41) is 5.18. The van der Waals surface area contributed by atoms with E-state index in [0.29, 0.717) is 5.92 Å². The Morgan fingerprint density at radius 1 is 0.375 bits per heavy atom. The topological polar surface area (TPSA) is 4.93 Å².